The van der Waals surface area contributed by atoms with E-state index in [4.69, 9.17) is 4.74 Å². The van der Waals surface area contributed by atoms with Crippen molar-refractivity contribution >= 4 is 0 Å². The van der Waals surface area contributed by atoms with Crippen LogP contribution in [0.3, 0.4) is 0 Å². The minimum Gasteiger partial charge on any atom is -0.376 e. The van der Waals surface area contributed by atoms with Gasteiger partial charge in [-0.25, -0.2) is 8.78 Å². The molecule has 0 N–H and O–H groups in total. The lowest BCUT2D eigenvalue weighted by atomic mass is 9.89. The molecular formula is C19H27F2NO. The topological polar surface area (TPSA) is 12.5 Å². The van der Waals surface area contributed by atoms with Gasteiger partial charge >= 0.3 is 0 Å². The molecule has 0 saturated carbocycles. The summed E-state index contributed by atoms with van der Waals surface area (Å²) >= 11 is 0. The average Bonchev–Trinajstić information content (AvgIpc) is 2.56. The van der Waals surface area contributed by atoms with E-state index in [1.54, 1.807) is 12.1 Å². The maximum atomic E-state index is 13.8. The van der Waals surface area contributed by atoms with Gasteiger partial charge in [0.15, 0.2) is 0 Å². The first kappa shape index (κ1) is 16.8. The fourth-order valence-electron chi connectivity index (χ4n) is 3.78. The highest BCUT2D eigenvalue weighted by Crippen LogP contribution is 2.27. The van der Waals surface area contributed by atoms with Crippen molar-refractivity contribution in [2.24, 2.45) is 11.8 Å². The summed E-state index contributed by atoms with van der Waals surface area (Å²) in [4.78, 5) is 2.42. The Balaban J connectivity index is 1.44. The summed E-state index contributed by atoms with van der Waals surface area (Å²) in [7, 11) is 0. The first-order chi connectivity index (χ1) is 11.1. The SMILES string of the molecule is C[C@@H]1[C@H](F)CCO[C@@H]1CN1CCC(Cc2ccc(F)cc2)CC1. The molecule has 2 saturated heterocycles. The molecule has 4 heteroatoms. The minimum absolute atomic E-state index is 0.000638. The molecule has 23 heavy (non-hydrogen) atoms. The third-order valence-corrected chi connectivity index (χ3v) is 5.47. The third kappa shape index (κ3) is 4.51. The van der Waals surface area contributed by atoms with Gasteiger partial charge in [-0.1, -0.05) is 19.1 Å². The summed E-state index contributed by atoms with van der Waals surface area (Å²) in [6.45, 7) is 5.47. The number of rotatable bonds is 4. The predicted octanol–water partition coefficient (Wildman–Crippen LogP) is 3.84. The number of benzene rings is 1. The van der Waals surface area contributed by atoms with Crippen molar-refractivity contribution in [2.45, 2.75) is 44.9 Å². The number of hydrogen-bond acceptors (Lipinski definition) is 2. The Labute approximate surface area is 137 Å². The molecule has 0 bridgehead atoms. The molecule has 0 radical (unpaired) electrons. The maximum absolute atomic E-state index is 13.8. The van der Waals surface area contributed by atoms with Crippen LogP contribution in [0.5, 0.6) is 0 Å². The number of ether oxygens (including phenoxy) is 1. The molecule has 2 nitrogen and oxygen atoms in total. The van der Waals surface area contributed by atoms with Crippen LogP contribution in [0.2, 0.25) is 0 Å². The maximum Gasteiger partial charge on any atom is 0.123 e. The van der Waals surface area contributed by atoms with Gasteiger partial charge < -0.3 is 9.64 Å². The number of hydrogen-bond donors (Lipinski definition) is 0. The van der Waals surface area contributed by atoms with Gasteiger partial charge in [0.2, 0.25) is 0 Å². The molecular weight excluding hydrogens is 296 g/mol. The van der Waals surface area contributed by atoms with Crippen LogP contribution in [0.15, 0.2) is 24.3 Å². The zero-order chi connectivity index (χ0) is 16.2. The van der Waals surface area contributed by atoms with Gasteiger partial charge in [0.25, 0.3) is 0 Å². The highest BCUT2D eigenvalue weighted by molar-refractivity contribution is 5.16. The lowest BCUT2D eigenvalue weighted by molar-refractivity contribution is -0.0751. The van der Waals surface area contributed by atoms with Crippen LogP contribution in [0.4, 0.5) is 8.78 Å². The minimum atomic E-state index is -0.718. The van der Waals surface area contributed by atoms with E-state index in [0.29, 0.717) is 18.9 Å². The molecule has 3 rings (SSSR count). The zero-order valence-corrected chi connectivity index (χ0v) is 13.9. The van der Waals surface area contributed by atoms with Crippen LogP contribution in [0, 0.1) is 17.7 Å². The van der Waals surface area contributed by atoms with E-state index in [2.05, 4.69) is 4.90 Å². The van der Waals surface area contributed by atoms with Crippen LogP contribution in [-0.2, 0) is 11.2 Å². The molecule has 2 heterocycles. The largest absolute Gasteiger partial charge is 0.376 e. The first-order valence-corrected chi connectivity index (χ1v) is 8.84. The number of nitrogens with zero attached hydrogens (tertiary/aromatic N) is 1. The third-order valence-electron chi connectivity index (χ3n) is 5.47. The Morgan fingerprint density at radius 2 is 1.83 bits per heavy atom. The highest BCUT2D eigenvalue weighted by Gasteiger charge is 2.32. The van der Waals surface area contributed by atoms with Crippen molar-refractivity contribution < 1.29 is 13.5 Å². The Morgan fingerprint density at radius 1 is 1.13 bits per heavy atom. The molecule has 1 aromatic carbocycles. The van der Waals surface area contributed by atoms with Gasteiger partial charge in [-0.2, -0.15) is 0 Å². The van der Waals surface area contributed by atoms with Crippen molar-refractivity contribution in [3.8, 4) is 0 Å². The lowest BCUT2D eigenvalue weighted by Crippen LogP contribution is -2.46. The average molecular weight is 323 g/mol. The van der Waals surface area contributed by atoms with Crippen LogP contribution in [0.25, 0.3) is 0 Å². The zero-order valence-electron chi connectivity index (χ0n) is 13.9. The van der Waals surface area contributed by atoms with E-state index in [-0.39, 0.29) is 17.8 Å². The van der Waals surface area contributed by atoms with Crippen molar-refractivity contribution in [3.05, 3.63) is 35.6 Å². The summed E-state index contributed by atoms with van der Waals surface area (Å²) in [6, 6.07) is 6.86. The van der Waals surface area contributed by atoms with Crippen molar-refractivity contribution in [2.75, 3.05) is 26.2 Å². The van der Waals surface area contributed by atoms with Crippen molar-refractivity contribution in [1.29, 1.82) is 0 Å². The van der Waals surface area contributed by atoms with E-state index < -0.39 is 6.17 Å². The smallest absolute Gasteiger partial charge is 0.123 e. The fraction of sp³-hybridized carbons (Fsp3) is 0.684. The Bertz CT molecular complexity index is 485. The van der Waals surface area contributed by atoms with Gasteiger partial charge in [0.1, 0.15) is 12.0 Å². The molecule has 128 valence electrons. The molecule has 0 aromatic heterocycles. The quantitative estimate of drug-likeness (QED) is 0.835. The Hall–Kier alpha value is -1.00. The van der Waals surface area contributed by atoms with Crippen LogP contribution < -0.4 is 0 Å². The summed E-state index contributed by atoms with van der Waals surface area (Å²) < 4.78 is 32.5. The predicted molar refractivity (Wildman–Crippen MR) is 87.7 cm³/mol. The Kier molecular flexibility index (Phi) is 5.65. The van der Waals surface area contributed by atoms with Crippen molar-refractivity contribution in [1.82, 2.24) is 4.90 Å². The first-order valence-electron chi connectivity index (χ1n) is 8.84. The van der Waals surface area contributed by atoms with Gasteiger partial charge in [0, 0.05) is 25.5 Å². The molecule has 3 atom stereocenters. The van der Waals surface area contributed by atoms with Gasteiger partial charge in [-0.15, -0.1) is 0 Å². The fourth-order valence-corrected chi connectivity index (χ4v) is 3.78. The van der Waals surface area contributed by atoms with Gasteiger partial charge in [-0.05, 0) is 56.0 Å². The molecule has 0 unspecified atom stereocenters. The second-order valence-electron chi connectivity index (χ2n) is 7.15. The molecule has 0 amide bonds. The van der Waals surface area contributed by atoms with Crippen LogP contribution in [0.1, 0.15) is 31.7 Å². The van der Waals surface area contributed by atoms with E-state index in [1.165, 1.54) is 5.56 Å². The summed E-state index contributed by atoms with van der Waals surface area (Å²) in [5.41, 5.74) is 1.22. The van der Waals surface area contributed by atoms with Crippen molar-refractivity contribution in [3.63, 3.8) is 0 Å². The molecule has 0 aliphatic carbocycles. The van der Waals surface area contributed by atoms with E-state index in [1.807, 2.05) is 19.1 Å². The van der Waals surface area contributed by atoms with Gasteiger partial charge in [0.05, 0.1) is 6.10 Å². The normalized spacial score (nSPS) is 30.5. The van der Waals surface area contributed by atoms with E-state index >= 15 is 0 Å². The standard InChI is InChI=1S/C19H27F2NO/c1-14-18(21)8-11-23-19(14)13-22-9-6-16(7-10-22)12-15-2-4-17(20)5-3-15/h2-5,14,16,18-19H,6-13H2,1H3/t14-,18-,19-/m1/s1. The van der Waals surface area contributed by atoms with E-state index in [0.717, 1.165) is 38.9 Å². The van der Waals surface area contributed by atoms with E-state index in [9.17, 15) is 8.78 Å². The summed E-state index contributed by atoms with van der Waals surface area (Å²) in [6.07, 6.45) is 3.18. The molecule has 0 spiro atoms. The Morgan fingerprint density at radius 3 is 2.52 bits per heavy atom. The lowest BCUT2D eigenvalue weighted by Gasteiger charge is -2.38. The number of halogens is 2. The molecule has 2 aliphatic rings. The van der Waals surface area contributed by atoms with Crippen LogP contribution >= 0.6 is 0 Å². The summed E-state index contributed by atoms with van der Waals surface area (Å²) in [5, 5.41) is 0. The number of alkyl halides is 1. The monoisotopic (exact) mass is 323 g/mol. The highest BCUT2D eigenvalue weighted by atomic mass is 19.1. The number of likely N-dealkylation sites (tertiary alicyclic amines) is 1. The molecule has 2 fully saturated rings. The molecule has 2 aliphatic heterocycles. The molecule has 1 aromatic rings. The van der Waals surface area contributed by atoms with Crippen LogP contribution in [-0.4, -0.2) is 43.4 Å². The number of piperidine rings is 1. The van der Waals surface area contributed by atoms with Gasteiger partial charge in [-0.3, -0.25) is 0 Å². The second-order valence-corrected chi connectivity index (χ2v) is 7.15. The summed E-state index contributed by atoms with van der Waals surface area (Å²) in [5.74, 6) is 0.493. The second kappa shape index (κ2) is 7.71.